The average molecular weight is 354 g/mol. The van der Waals surface area contributed by atoms with Crippen LogP contribution in [0.1, 0.15) is 36.5 Å². The molecule has 3 heteroatoms. The van der Waals surface area contributed by atoms with Crippen molar-refractivity contribution in [3.63, 3.8) is 0 Å². The standard InChI is InChI=1S/C17H18BrClO/c1-11(2)15-7-4-12(3)8-17(15)20-14-6-5-13(10-19)16(18)9-14/h4-9,11H,10H2,1-3H3. The topological polar surface area (TPSA) is 9.23 Å². The molecule has 0 atom stereocenters. The van der Waals surface area contributed by atoms with Crippen molar-refractivity contribution in [1.29, 1.82) is 0 Å². The van der Waals surface area contributed by atoms with E-state index in [2.05, 4.69) is 54.9 Å². The molecule has 106 valence electrons. The summed E-state index contributed by atoms with van der Waals surface area (Å²) in [6.45, 7) is 6.41. The first-order valence-corrected chi connectivity index (χ1v) is 7.97. The molecule has 2 aromatic rings. The van der Waals surface area contributed by atoms with E-state index in [-0.39, 0.29) is 0 Å². The van der Waals surface area contributed by atoms with Gasteiger partial charge in [-0.1, -0.05) is 48.0 Å². The van der Waals surface area contributed by atoms with Crippen molar-refractivity contribution >= 4 is 27.5 Å². The summed E-state index contributed by atoms with van der Waals surface area (Å²) in [5.74, 6) is 2.66. The molecular weight excluding hydrogens is 336 g/mol. The number of hydrogen-bond acceptors (Lipinski definition) is 1. The van der Waals surface area contributed by atoms with Gasteiger partial charge in [0.25, 0.3) is 0 Å². The second kappa shape index (κ2) is 6.64. The van der Waals surface area contributed by atoms with Crippen LogP contribution in [0, 0.1) is 6.92 Å². The van der Waals surface area contributed by atoms with Crippen molar-refractivity contribution in [3.8, 4) is 11.5 Å². The van der Waals surface area contributed by atoms with Crippen molar-refractivity contribution in [1.82, 2.24) is 0 Å². The van der Waals surface area contributed by atoms with Crippen molar-refractivity contribution < 1.29 is 4.74 Å². The van der Waals surface area contributed by atoms with Gasteiger partial charge in [0.2, 0.25) is 0 Å². The Morgan fingerprint density at radius 1 is 1.15 bits per heavy atom. The lowest BCUT2D eigenvalue weighted by atomic mass is 10.0. The molecule has 0 N–H and O–H groups in total. The molecule has 0 aliphatic carbocycles. The maximum absolute atomic E-state index is 6.06. The Kier molecular flexibility index (Phi) is 5.11. The molecular formula is C17H18BrClO. The van der Waals surface area contributed by atoms with Gasteiger partial charge in [0.1, 0.15) is 11.5 Å². The summed E-state index contributed by atoms with van der Waals surface area (Å²) in [6, 6.07) is 12.2. The number of ether oxygens (including phenoxy) is 1. The summed E-state index contributed by atoms with van der Waals surface area (Å²) in [5, 5.41) is 0. The Morgan fingerprint density at radius 2 is 1.90 bits per heavy atom. The molecule has 1 nitrogen and oxygen atoms in total. The van der Waals surface area contributed by atoms with Crippen molar-refractivity contribution in [3.05, 3.63) is 57.6 Å². The number of benzene rings is 2. The molecule has 20 heavy (non-hydrogen) atoms. The molecule has 0 amide bonds. The fraction of sp³-hybridized carbons (Fsp3) is 0.294. The largest absolute Gasteiger partial charge is 0.457 e. The van der Waals surface area contributed by atoms with Crippen LogP contribution in [0.5, 0.6) is 11.5 Å². The molecule has 0 unspecified atom stereocenters. The first kappa shape index (κ1) is 15.4. The zero-order valence-corrected chi connectivity index (χ0v) is 14.3. The van der Waals surface area contributed by atoms with E-state index in [1.807, 2.05) is 18.2 Å². The second-order valence-electron chi connectivity index (χ2n) is 5.18. The Bertz CT molecular complexity index is 608. The summed E-state index contributed by atoms with van der Waals surface area (Å²) >= 11 is 9.38. The van der Waals surface area contributed by atoms with E-state index in [1.54, 1.807) is 0 Å². The third kappa shape index (κ3) is 3.56. The molecule has 2 aromatic carbocycles. The molecule has 0 aliphatic rings. The minimum atomic E-state index is 0.427. The quantitative estimate of drug-likeness (QED) is 0.577. The Balaban J connectivity index is 2.34. The van der Waals surface area contributed by atoms with Gasteiger partial charge in [-0.15, -0.1) is 11.6 Å². The zero-order valence-electron chi connectivity index (χ0n) is 11.9. The first-order valence-electron chi connectivity index (χ1n) is 6.64. The summed E-state index contributed by atoms with van der Waals surface area (Å²) in [6.07, 6.45) is 0. The Morgan fingerprint density at radius 3 is 2.50 bits per heavy atom. The Labute approximate surface area is 134 Å². The normalized spacial score (nSPS) is 10.9. The lowest BCUT2D eigenvalue weighted by Crippen LogP contribution is -1.95. The summed E-state index contributed by atoms with van der Waals surface area (Å²) in [7, 11) is 0. The summed E-state index contributed by atoms with van der Waals surface area (Å²) in [5.41, 5.74) is 3.47. The van der Waals surface area contributed by atoms with E-state index >= 15 is 0 Å². The van der Waals surface area contributed by atoms with E-state index < -0.39 is 0 Å². The van der Waals surface area contributed by atoms with E-state index in [0.717, 1.165) is 21.5 Å². The number of aryl methyl sites for hydroxylation is 1. The third-order valence-electron chi connectivity index (χ3n) is 3.19. The van der Waals surface area contributed by atoms with Gasteiger partial charge in [0.15, 0.2) is 0 Å². The molecule has 0 aliphatic heterocycles. The number of hydrogen-bond donors (Lipinski definition) is 0. The fourth-order valence-electron chi connectivity index (χ4n) is 2.03. The second-order valence-corrected chi connectivity index (χ2v) is 6.31. The summed E-state index contributed by atoms with van der Waals surface area (Å²) in [4.78, 5) is 0. The van der Waals surface area contributed by atoms with E-state index in [0.29, 0.717) is 11.8 Å². The highest BCUT2D eigenvalue weighted by Crippen LogP contribution is 2.33. The average Bonchev–Trinajstić information content (AvgIpc) is 2.38. The van der Waals surface area contributed by atoms with Crippen LogP contribution in [-0.2, 0) is 5.88 Å². The highest BCUT2D eigenvalue weighted by atomic mass is 79.9. The molecule has 0 spiro atoms. The molecule has 0 bridgehead atoms. The van der Waals surface area contributed by atoms with Crippen molar-refractivity contribution in [2.24, 2.45) is 0 Å². The van der Waals surface area contributed by atoms with E-state index in [1.165, 1.54) is 11.1 Å². The number of alkyl halides is 1. The SMILES string of the molecule is Cc1ccc(C(C)C)c(Oc2ccc(CCl)c(Br)c2)c1. The van der Waals surface area contributed by atoms with Gasteiger partial charge in [-0.05, 0) is 47.7 Å². The van der Waals surface area contributed by atoms with Crippen LogP contribution in [0.4, 0.5) is 0 Å². The third-order valence-corrected chi connectivity index (χ3v) is 4.21. The van der Waals surface area contributed by atoms with Crippen LogP contribution in [0.2, 0.25) is 0 Å². The van der Waals surface area contributed by atoms with Crippen LogP contribution < -0.4 is 4.74 Å². The van der Waals surface area contributed by atoms with Gasteiger partial charge >= 0.3 is 0 Å². The van der Waals surface area contributed by atoms with Crippen LogP contribution >= 0.6 is 27.5 Å². The van der Waals surface area contributed by atoms with Crippen LogP contribution in [0.3, 0.4) is 0 Å². The highest BCUT2D eigenvalue weighted by molar-refractivity contribution is 9.10. The first-order chi connectivity index (χ1) is 9.51. The molecule has 0 saturated carbocycles. The van der Waals surface area contributed by atoms with Crippen LogP contribution in [0.25, 0.3) is 0 Å². The molecule has 0 radical (unpaired) electrons. The van der Waals surface area contributed by atoms with Gasteiger partial charge < -0.3 is 4.74 Å². The minimum absolute atomic E-state index is 0.427. The summed E-state index contributed by atoms with van der Waals surface area (Å²) < 4.78 is 7.03. The van der Waals surface area contributed by atoms with Gasteiger partial charge in [-0.3, -0.25) is 0 Å². The number of rotatable bonds is 4. The lowest BCUT2D eigenvalue weighted by Gasteiger charge is -2.15. The maximum Gasteiger partial charge on any atom is 0.131 e. The van der Waals surface area contributed by atoms with Crippen LogP contribution in [0.15, 0.2) is 40.9 Å². The van der Waals surface area contributed by atoms with E-state index in [4.69, 9.17) is 16.3 Å². The highest BCUT2D eigenvalue weighted by Gasteiger charge is 2.10. The number of halogens is 2. The van der Waals surface area contributed by atoms with Crippen molar-refractivity contribution in [2.75, 3.05) is 0 Å². The maximum atomic E-state index is 6.06. The Hall–Kier alpha value is -0.990. The molecule has 0 aromatic heterocycles. The van der Waals surface area contributed by atoms with Crippen molar-refractivity contribution in [2.45, 2.75) is 32.6 Å². The van der Waals surface area contributed by atoms with Gasteiger partial charge in [-0.2, -0.15) is 0 Å². The molecule has 0 fully saturated rings. The van der Waals surface area contributed by atoms with Gasteiger partial charge in [0.05, 0.1) is 0 Å². The smallest absolute Gasteiger partial charge is 0.131 e. The van der Waals surface area contributed by atoms with Gasteiger partial charge in [-0.25, -0.2) is 0 Å². The lowest BCUT2D eigenvalue weighted by molar-refractivity contribution is 0.472. The monoisotopic (exact) mass is 352 g/mol. The predicted molar refractivity (Wildman–Crippen MR) is 89.0 cm³/mol. The minimum Gasteiger partial charge on any atom is -0.457 e. The van der Waals surface area contributed by atoms with Gasteiger partial charge in [0, 0.05) is 10.4 Å². The molecule has 0 saturated heterocycles. The fourth-order valence-corrected chi connectivity index (χ4v) is 2.93. The molecule has 0 heterocycles. The van der Waals surface area contributed by atoms with E-state index in [9.17, 15) is 0 Å². The molecule has 2 rings (SSSR count). The van der Waals surface area contributed by atoms with Crippen LogP contribution in [-0.4, -0.2) is 0 Å². The predicted octanol–water partition coefficient (Wildman–Crippen LogP) is 6.41. The zero-order chi connectivity index (χ0) is 14.7.